The Balaban J connectivity index is 1.38. The molecule has 7 nitrogen and oxygen atoms in total. The highest BCUT2D eigenvalue weighted by Crippen LogP contribution is 2.34. The number of nitrogens with zero attached hydrogens (tertiary/aromatic N) is 2. The van der Waals surface area contributed by atoms with E-state index in [9.17, 15) is 4.79 Å². The molecule has 0 aliphatic carbocycles. The smallest absolute Gasteiger partial charge is 0.239 e. The summed E-state index contributed by atoms with van der Waals surface area (Å²) in [6, 6.07) is 10.3. The van der Waals surface area contributed by atoms with Gasteiger partial charge in [-0.15, -0.1) is 0 Å². The topological polar surface area (TPSA) is 82.4 Å². The number of carbonyl (C=O) groups is 1. The molecule has 3 heterocycles. The summed E-state index contributed by atoms with van der Waals surface area (Å²) in [6.45, 7) is 3.88. The average Bonchev–Trinajstić information content (AvgIpc) is 3.21. The van der Waals surface area contributed by atoms with E-state index in [0.717, 1.165) is 24.5 Å². The summed E-state index contributed by atoms with van der Waals surface area (Å²) in [5, 5.41) is 7.33. The van der Waals surface area contributed by atoms with Crippen LogP contribution in [0.3, 0.4) is 0 Å². The van der Waals surface area contributed by atoms with E-state index in [1.807, 2.05) is 12.1 Å². The van der Waals surface area contributed by atoms with Crippen molar-refractivity contribution in [1.29, 1.82) is 0 Å². The van der Waals surface area contributed by atoms with Crippen LogP contribution in [0, 0.1) is 12.8 Å². The fraction of sp³-hybridized carbons (Fsp3) is 0.444. The molecular weight excluding hydrogens is 354 g/mol. The molecule has 0 bridgehead atoms. The SMILES string of the molecule is Cc1cc(NC(=O)CN2CCC3NNC(c4ccc(Cl)cc4)C3C2)no1. The van der Waals surface area contributed by atoms with Crippen molar-refractivity contribution in [3.05, 3.63) is 46.7 Å². The van der Waals surface area contributed by atoms with Gasteiger partial charge >= 0.3 is 0 Å². The predicted molar refractivity (Wildman–Crippen MR) is 98.7 cm³/mol. The van der Waals surface area contributed by atoms with Crippen LogP contribution in [0.4, 0.5) is 5.82 Å². The molecule has 1 aromatic carbocycles. The lowest BCUT2D eigenvalue weighted by atomic mass is 9.85. The summed E-state index contributed by atoms with van der Waals surface area (Å²) in [4.78, 5) is 14.5. The van der Waals surface area contributed by atoms with E-state index in [-0.39, 0.29) is 11.9 Å². The molecule has 1 amide bonds. The van der Waals surface area contributed by atoms with Crippen molar-refractivity contribution in [2.75, 3.05) is 25.0 Å². The molecule has 2 saturated heterocycles. The van der Waals surface area contributed by atoms with Gasteiger partial charge in [0.25, 0.3) is 0 Å². The van der Waals surface area contributed by atoms with Crippen molar-refractivity contribution in [2.24, 2.45) is 5.92 Å². The average molecular weight is 376 g/mol. The monoisotopic (exact) mass is 375 g/mol. The first-order valence-electron chi connectivity index (χ1n) is 8.80. The van der Waals surface area contributed by atoms with Crippen molar-refractivity contribution in [2.45, 2.75) is 25.4 Å². The molecule has 0 spiro atoms. The lowest BCUT2D eigenvalue weighted by Crippen LogP contribution is -2.47. The summed E-state index contributed by atoms with van der Waals surface area (Å²) in [5.74, 6) is 1.46. The third-order valence-electron chi connectivity index (χ3n) is 5.09. The number of benzene rings is 1. The maximum atomic E-state index is 12.3. The van der Waals surface area contributed by atoms with Gasteiger partial charge < -0.3 is 9.84 Å². The minimum Gasteiger partial charge on any atom is -0.360 e. The molecular formula is C18H22ClN5O2. The third-order valence-corrected chi connectivity index (χ3v) is 5.34. The Morgan fingerprint density at radius 3 is 2.92 bits per heavy atom. The van der Waals surface area contributed by atoms with Gasteiger partial charge in [-0.05, 0) is 31.0 Å². The molecule has 138 valence electrons. The minimum absolute atomic E-state index is 0.0706. The van der Waals surface area contributed by atoms with Gasteiger partial charge in [-0.3, -0.25) is 15.1 Å². The first kappa shape index (κ1) is 17.5. The molecule has 2 aliphatic heterocycles. The van der Waals surface area contributed by atoms with Gasteiger partial charge in [-0.25, -0.2) is 5.43 Å². The molecule has 2 aliphatic rings. The first-order chi connectivity index (χ1) is 12.6. The van der Waals surface area contributed by atoms with Crippen molar-refractivity contribution >= 4 is 23.3 Å². The van der Waals surface area contributed by atoms with Crippen LogP contribution < -0.4 is 16.2 Å². The standard InChI is InChI=1S/C18H22ClN5O2/c1-11-8-16(23-26-11)20-17(25)10-24-7-6-15-14(9-24)18(22-21-15)12-2-4-13(19)5-3-12/h2-5,8,14-15,18,21-22H,6-7,9-10H2,1H3,(H,20,23,25). The lowest BCUT2D eigenvalue weighted by molar-refractivity contribution is -0.117. The van der Waals surface area contributed by atoms with Gasteiger partial charge in [0, 0.05) is 36.1 Å². The normalized spacial score (nSPS) is 25.8. The summed E-state index contributed by atoms with van der Waals surface area (Å²) >= 11 is 6.00. The second kappa shape index (κ2) is 7.36. The lowest BCUT2D eigenvalue weighted by Gasteiger charge is -2.35. The summed E-state index contributed by atoms with van der Waals surface area (Å²) in [5.41, 5.74) is 8.02. The number of amides is 1. The van der Waals surface area contributed by atoms with E-state index in [1.54, 1.807) is 13.0 Å². The van der Waals surface area contributed by atoms with E-state index in [4.69, 9.17) is 16.1 Å². The number of piperidine rings is 1. The fourth-order valence-corrected chi connectivity index (χ4v) is 3.95. The predicted octanol–water partition coefficient (Wildman–Crippen LogP) is 2.11. The number of rotatable bonds is 4. The van der Waals surface area contributed by atoms with E-state index >= 15 is 0 Å². The third kappa shape index (κ3) is 3.76. The fourth-order valence-electron chi connectivity index (χ4n) is 3.83. The number of carbonyl (C=O) groups excluding carboxylic acids is 1. The van der Waals surface area contributed by atoms with Crippen LogP contribution in [-0.4, -0.2) is 41.6 Å². The maximum Gasteiger partial charge on any atom is 0.239 e. The molecule has 4 rings (SSSR count). The van der Waals surface area contributed by atoms with E-state index in [2.05, 4.69) is 38.4 Å². The van der Waals surface area contributed by atoms with Gasteiger partial charge in [0.15, 0.2) is 5.82 Å². The quantitative estimate of drug-likeness (QED) is 0.759. The molecule has 0 radical (unpaired) electrons. The van der Waals surface area contributed by atoms with Gasteiger partial charge in [0.05, 0.1) is 12.6 Å². The second-order valence-electron chi connectivity index (χ2n) is 6.98. The number of likely N-dealkylation sites (tertiary alicyclic amines) is 1. The minimum atomic E-state index is -0.0706. The zero-order chi connectivity index (χ0) is 18.1. The van der Waals surface area contributed by atoms with E-state index < -0.39 is 0 Å². The molecule has 8 heteroatoms. The molecule has 3 unspecified atom stereocenters. The Labute approximate surface area is 157 Å². The van der Waals surface area contributed by atoms with Gasteiger partial charge in [0.1, 0.15) is 5.76 Å². The van der Waals surface area contributed by atoms with Crippen molar-refractivity contribution < 1.29 is 9.32 Å². The number of nitrogens with one attached hydrogen (secondary N) is 3. The van der Waals surface area contributed by atoms with Gasteiger partial charge in [0.2, 0.25) is 5.91 Å². The Morgan fingerprint density at radius 1 is 1.38 bits per heavy atom. The van der Waals surface area contributed by atoms with Crippen molar-refractivity contribution in [3.8, 4) is 0 Å². The number of anilines is 1. The number of halogens is 1. The van der Waals surface area contributed by atoms with Crippen molar-refractivity contribution in [1.82, 2.24) is 20.9 Å². The highest BCUT2D eigenvalue weighted by atomic mass is 35.5. The Bertz CT molecular complexity index is 778. The van der Waals surface area contributed by atoms with Crippen LogP contribution in [0.2, 0.25) is 5.02 Å². The summed E-state index contributed by atoms with van der Waals surface area (Å²) in [6.07, 6.45) is 0.998. The summed E-state index contributed by atoms with van der Waals surface area (Å²) < 4.78 is 4.98. The molecule has 1 aromatic heterocycles. The Kier molecular flexibility index (Phi) is 4.95. The largest absolute Gasteiger partial charge is 0.360 e. The molecule has 26 heavy (non-hydrogen) atoms. The van der Waals surface area contributed by atoms with Crippen LogP contribution in [0.25, 0.3) is 0 Å². The van der Waals surface area contributed by atoms with E-state index in [1.165, 1.54) is 5.56 Å². The zero-order valence-corrected chi connectivity index (χ0v) is 15.3. The molecule has 3 N–H and O–H groups in total. The number of hydrazine groups is 1. The maximum absolute atomic E-state index is 12.3. The van der Waals surface area contributed by atoms with E-state index in [0.29, 0.717) is 30.1 Å². The highest BCUT2D eigenvalue weighted by molar-refractivity contribution is 6.30. The number of hydrogen-bond acceptors (Lipinski definition) is 6. The molecule has 2 aromatic rings. The Hall–Kier alpha value is -1.93. The second-order valence-corrected chi connectivity index (χ2v) is 7.42. The van der Waals surface area contributed by atoms with Crippen LogP contribution in [0.15, 0.2) is 34.9 Å². The number of aromatic nitrogens is 1. The van der Waals surface area contributed by atoms with Crippen LogP contribution in [0.5, 0.6) is 0 Å². The number of fused-ring (bicyclic) bond motifs is 1. The molecule has 0 saturated carbocycles. The molecule has 2 fully saturated rings. The number of aryl methyl sites for hydroxylation is 1. The van der Waals surface area contributed by atoms with Crippen LogP contribution in [-0.2, 0) is 4.79 Å². The Morgan fingerprint density at radius 2 is 2.19 bits per heavy atom. The van der Waals surface area contributed by atoms with Gasteiger partial charge in [-0.1, -0.05) is 28.9 Å². The van der Waals surface area contributed by atoms with Crippen LogP contribution >= 0.6 is 11.6 Å². The van der Waals surface area contributed by atoms with Crippen molar-refractivity contribution in [3.63, 3.8) is 0 Å². The first-order valence-corrected chi connectivity index (χ1v) is 9.18. The number of hydrogen-bond donors (Lipinski definition) is 3. The van der Waals surface area contributed by atoms with Crippen LogP contribution in [0.1, 0.15) is 23.8 Å². The highest BCUT2D eigenvalue weighted by Gasteiger charge is 2.40. The van der Waals surface area contributed by atoms with Gasteiger partial charge in [-0.2, -0.15) is 0 Å². The summed E-state index contributed by atoms with van der Waals surface area (Å²) in [7, 11) is 0. The molecule has 3 atom stereocenters. The zero-order valence-electron chi connectivity index (χ0n) is 14.5.